The molecule has 0 spiro atoms. The summed E-state index contributed by atoms with van der Waals surface area (Å²) in [4.78, 5) is 99.3. The van der Waals surface area contributed by atoms with Crippen molar-refractivity contribution in [3.8, 4) is 12.1 Å². The van der Waals surface area contributed by atoms with Crippen molar-refractivity contribution in [3.63, 3.8) is 0 Å². The van der Waals surface area contributed by atoms with Crippen LogP contribution in [0.2, 0.25) is 5.15 Å². The van der Waals surface area contributed by atoms with E-state index in [1.165, 1.54) is 75.1 Å². The van der Waals surface area contributed by atoms with E-state index in [0.717, 1.165) is 104 Å². The fourth-order valence-corrected chi connectivity index (χ4v) is 18.8. The molecule has 0 bridgehead atoms. The number of pyridine rings is 2. The van der Waals surface area contributed by atoms with Gasteiger partial charge in [0.15, 0.2) is 23.0 Å². The molecule has 47 heteroatoms. The van der Waals surface area contributed by atoms with E-state index < -0.39 is 57.7 Å². The van der Waals surface area contributed by atoms with Crippen LogP contribution in [0.1, 0.15) is 174 Å². The van der Waals surface area contributed by atoms with Crippen molar-refractivity contribution in [3.05, 3.63) is 149 Å². The first-order chi connectivity index (χ1) is 62.2. The molecule has 4 aliphatic rings. The Balaban J connectivity index is 0.000000217. The van der Waals surface area contributed by atoms with Crippen LogP contribution >= 0.6 is 115 Å². The second kappa shape index (κ2) is 50.6. The average Bonchev–Trinajstić information content (AvgIpc) is 1.68. The van der Waals surface area contributed by atoms with E-state index in [1.54, 1.807) is 55.2 Å². The first kappa shape index (κ1) is 110. The molecule has 132 heavy (non-hydrogen) atoms. The number of thiazole rings is 5. The zero-order valence-electron chi connectivity index (χ0n) is 75.3. The van der Waals surface area contributed by atoms with E-state index in [-0.39, 0.29) is 71.2 Å². The number of amides is 4. The number of likely N-dealkylation sites (tertiary alicyclic amines) is 2. The zero-order valence-corrected chi connectivity index (χ0v) is 83.3. The monoisotopic (exact) mass is 2030 g/mol. The van der Waals surface area contributed by atoms with E-state index in [1.807, 2.05) is 122 Å². The SMILES string of the molecule is CC(C)(C)OC(=O)N(CCCl)CCCl.CC(C)(C)OC(=O)N1CCC(C#N)(c2cscn2)CC1.CC(C)(C)OC(=O)NCC1(c2cscn2)CCN(C(=O)OC(C)(C)C)CC1.N#CCc1cscn1.NCC1(c2cscn2)CCN(c2cnc(Sc3cccnc3C(F)(F)F)c(N)n2)CC1.NCC1(c2cscn2)CCNCC1.Nc1nc(Cl)cnc1Sc1cccnc1C(F)(F)F. The van der Waals surface area contributed by atoms with E-state index in [2.05, 4.69) is 81.8 Å². The predicted molar refractivity (Wildman–Crippen MR) is 506 cm³/mol. The fraction of sp³-hybridized carbons (Fsp3) is 0.541. The predicted octanol–water partition coefficient (Wildman–Crippen LogP) is 18.4. The summed E-state index contributed by atoms with van der Waals surface area (Å²) in [6.45, 7) is 30.4. The fourth-order valence-electron chi connectivity index (χ4n) is 13.3. The summed E-state index contributed by atoms with van der Waals surface area (Å²) in [5.74, 6) is 1.41. The molecule has 0 saturated carbocycles. The molecule has 10 N–H and O–H groups in total. The molecule has 13 rings (SSSR count). The molecule has 9 aromatic rings. The lowest BCUT2D eigenvalue weighted by Crippen LogP contribution is -2.51. The normalized spacial score (nSPS) is 15.7. The molecule has 0 aliphatic carbocycles. The van der Waals surface area contributed by atoms with Gasteiger partial charge in [0.05, 0.1) is 87.0 Å². The summed E-state index contributed by atoms with van der Waals surface area (Å²) in [5, 5.41) is 34.3. The molecule has 0 atom stereocenters. The number of alkyl halides is 8. The van der Waals surface area contributed by atoms with Gasteiger partial charge in [0.1, 0.15) is 48.8 Å². The number of nitrogens with one attached hydrogen (secondary N) is 2. The second-order valence-electron chi connectivity index (χ2n) is 34.3. The third kappa shape index (κ3) is 34.8. The van der Waals surface area contributed by atoms with Gasteiger partial charge in [-0.15, -0.1) is 79.9 Å². The first-order valence-corrected chi connectivity index (χ1v) is 49.4. The number of carbonyl (C=O) groups excluding carboxylic acids is 4. The van der Waals surface area contributed by atoms with Crippen LogP contribution in [0, 0.1) is 22.7 Å². The molecular weight excluding hydrogens is 1920 g/mol. The third-order valence-electron chi connectivity index (χ3n) is 20.1. The van der Waals surface area contributed by atoms with Crippen LogP contribution in [-0.4, -0.2) is 213 Å². The van der Waals surface area contributed by atoms with Crippen molar-refractivity contribution in [2.24, 2.45) is 11.5 Å². The van der Waals surface area contributed by atoms with Crippen molar-refractivity contribution in [2.45, 2.75) is 217 Å². The lowest BCUT2D eigenvalue weighted by Gasteiger charge is -2.41. The van der Waals surface area contributed by atoms with Gasteiger partial charge in [0, 0.05) is 149 Å². The van der Waals surface area contributed by atoms with Gasteiger partial charge >= 0.3 is 36.7 Å². The van der Waals surface area contributed by atoms with E-state index in [9.17, 15) is 50.8 Å². The van der Waals surface area contributed by atoms with Gasteiger partial charge in [-0.05, 0) is 172 Å². The summed E-state index contributed by atoms with van der Waals surface area (Å²) >= 11 is 26.0. The van der Waals surface area contributed by atoms with Crippen LogP contribution in [0.5, 0.6) is 0 Å². The van der Waals surface area contributed by atoms with Crippen molar-refractivity contribution >= 4 is 157 Å². The zero-order chi connectivity index (χ0) is 97.4. The smallest absolute Gasteiger partial charge is 0.434 e. The molecule has 13 heterocycles. The summed E-state index contributed by atoms with van der Waals surface area (Å²) in [6, 6.07) is 9.87. The van der Waals surface area contributed by atoms with Crippen LogP contribution < -0.4 is 38.5 Å². The topological polar surface area (TPSA) is 436 Å². The number of nitriles is 2. The number of anilines is 3. The van der Waals surface area contributed by atoms with Crippen molar-refractivity contribution in [1.82, 2.24) is 80.2 Å². The van der Waals surface area contributed by atoms with Crippen LogP contribution in [0.3, 0.4) is 0 Å². The molecule has 0 unspecified atom stereocenters. The maximum absolute atomic E-state index is 13.2. The van der Waals surface area contributed by atoms with Crippen LogP contribution in [0.4, 0.5) is 63.0 Å². The Morgan fingerprint density at radius 2 is 0.947 bits per heavy atom. The van der Waals surface area contributed by atoms with Gasteiger partial charge in [0.25, 0.3) is 0 Å². The molecule has 4 aliphatic heterocycles. The Labute approximate surface area is 808 Å². The minimum Gasteiger partial charge on any atom is -0.444 e. The van der Waals surface area contributed by atoms with Crippen molar-refractivity contribution < 1.29 is 64.5 Å². The minimum absolute atomic E-state index is 0.0329. The number of carbonyl (C=O) groups is 4. The number of nitrogens with two attached hydrogens (primary N) is 4. The van der Waals surface area contributed by atoms with Gasteiger partial charge in [-0.2, -0.15) is 36.9 Å². The lowest BCUT2D eigenvalue weighted by atomic mass is 9.76. The third-order valence-corrected chi connectivity index (χ3v) is 25.8. The van der Waals surface area contributed by atoms with E-state index in [4.69, 9.17) is 81.9 Å². The Hall–Kier alpha value is -8.90. The number of aromatic nitrogens is 11. The molecule has 4 fully saturated rings. The molecule has 9 aromatic heterocycles. The maximum Gasteiger partial charge on any atom is 0.434 e. The Morgan fingerprint density at radius 3 is 1.33 bits per heavy atom. The number of rotatable bonds is 18. The summed E-state index contributed by atoms with van der Waals surface area (Å²) in [5.41, 5.74) is 32.5. The number of nitrogens with zero attached hydrogens (tertiary/aromatic N) is 17. The average molecular weight is 2030 g/mol. The van der Waals surface area contributed by atoms with Gasteiger partial charge in [-0.1, -0.05) is 35.1 Å². The van der Waals surface area contributed by atoms with Gasteiger partial charge in [-0.25, -0.2) is 64.0 Å². The number of nitrogen functional groups attached to an aromatic ring is 2. The number of piperidine rings is 4. The van der Waals surface area contributed by atoms with Crippen LogP contribution in [-0.2, 0) is 59.4 Å². The standard InChI is InChI=1S/C19H20F3N7S2.C19H31N3O4S.C14H19N3O2S.C10H6ClF3N4S.C9H17Cl2NO2.C9H15N3S.C5H4N2S/c20-19(21,22)15-12(2-1-5-25-15)31-17-16(24)28-14(8-26-17)29-6-3-18(10-23,4-7-29)13-9-30-11-27-13;1-17(2,3)25-15(23)20-12-19(14-11-27-13-21-14)7-9-22(10-8-19)16(24)26-18(4,5)6;1-13(2,3)19-12(18)17-6-4-14(9-15,5-7-17)11-8-20-10-16-11;11-6-4-17-9(8(15)18-6)19-5-2-1-3-16-7(5)10(12,13)14;1-9(2,3)14-8(13)12(6-4-10)7-5-11;10-6-9(1-3-11-4-2-9)8-5-13-7-12-8;6-2-1-5-3-8-4-7-5/h1-2,5,8-9,11H,3-4,6-7,10,23H2,(H2,24,28);11,13H,7-10,12H2,1-6H3,(H,20,23);8,10H,4-7H2,1-3H3;1-4H,(H2,15,18);4-7H2,1-3H3;5,7,11H,1-4,6,10H2;3-4H,1H2. The molecule has 31 nitrogen and oxygen atoms in total. The highest BCUT2D eigenvalue weighted by molar-refractivity contribution is 7.99. The quantitative estimate of drug-likeness (QED) is 0.0264. The lowest BCUT2D eigenvalue weighted by molar-refractivity contribution is -0.144. The van der Waals surface area contributed by atoms with Crippen molar-refractivity contribution in [2.75, 3.05) is 113 Å². The van der Waals surface area contributed by atoms with Gasteiger partial charge in [0.2, 0.25) is 0 Å². The largest absolute Gasteiger partial charge is 0.444 e. The molecule has 4 saturated heterocycles. The second-order valence-corrected chi connectivity index (χ2v) is 41.1. The Kier molecular flexibility index (Phi) is 42.2. The van der Waals surface area contributed by atoms with Gasteiger partial charge < -0.3 is 72.1 Å². The van der Waals surface area contributed by atoms with E-state index >= 15 is 0 Å². The Morgan fingerprint density at radius 1 is 0.538 bits per heavy atom. The molecular formula is C85H112Cl3F6N23O8S7. The highest BCUT2D eigenvalue weighted by atomic mass is 35.5. The molecule has 720 valence electrons. The summed E-state index contributed by atoms with van der Waals surface area (Å²) in [7, 11) is 0. The Bertz CT molecular complexity index is 5090. The number of ether oxygens (including phenoxy) is 4. The van der Waals surface area contributed by atoms with Crippen molar-refractivity contribution in [1.29, 1.82) is 10.5 Å². The summed E-state index contributed by atoms with van der Waals surface area (Å²) in [6.07, 6.45) is 1.33. The highest BCUT2D eigenvalue weighted by Gasteiger charge is 2.44. The minimum atomic E-state index is -4.56. The number of hydrogen-bond donors (Lipinski definition) is 6. The molecule has 4 amide bonds. The van der Waals surface area contributed by atoms with Gasteiger partial charge in [-0.3, -0.25) is 9.97 Å². The highest BCUT2D eigenvalue weighted by Crippen LogP contribution is 2.44. The van der Waals surface area contributed by atoms with Crippen LogP contribution in [0.15, 0.2) is 123 Å². The maximum atomic E-state index is 13.2. The number of alkyl carbamates (subject to hydrolysis) is 1. The molecule has 0 aromatic carbocycles. The molecule has 0 radical (unpaired) electrons. The first-order valence-electron chi connectivity index (χ1n) is 41.6. The number of hydrogen-bond acceptors (Lipinski definition) is 34. The van der Waals surface area contributed by atoms with E-state index in [0.29, 0.717) is 115 Å². The number of halogens is 9. The van der Waals surface area contributed by atoms with Crippen LogP contribution in [0.25, 0.3) is 0 Å². The summed E-state index contributed by atoms with van der Waals surface area (Å²) < 4.78 is 99.2.